The quantitative estimate of drug-likeness (QED) is 0.371. The normalized spacial score (nSPS) is 11.1. The Labute approximate surface area is 185 Å². The first-order chi connectivity index (χ1) is 14.3. The lowest BCUT2D eigenvalue weighted by atomic mass is 10.3. The van der Waals surface area contributed by atoms with Crippen molar-refractivity contribution in [2.75, 3.05) is 18.2 Å². The van der Waals surface area contributed by atoms with Crippen molar-refractivity contribution in [3.63, 3.8) is 0 Å². The molecule has 2 N–H and O–H groups in total. The lowest BCUT2D eigenvalue weighted by Crippen LogP contribution is -2.20. The number of anilines is 1. The maximum Gasteiger partial charge on any atom is 0.270 e. The number of hydrogen-bond acceptors (Lipinski definition) is 7. The highest BCUT2D eigenvalue weighted by atomic mass is 79.9. The molecule has 156 valence electrons. The van der Waals surface area contributed by atoms with Gasteiger partial charge in [0.2, 0.25) is 15.7 Å². The van der Waals surface area contributed by atoms with Gasteiger partial charge < -0.3 is 15.0 Å². The van der Waals surface area contributed by atoms with Gasteiger partial charge in [0.1, 0.15) is 5.75 Å². The highest BCUT2D eigenvalue weighted by Crippen LogP contribution is 2.23. The second-order valence-electron chi connectivity index (χ2n) is 5.88. The lowest BCUT2D eigenvalue weighted by Gasteiger charge is -2.07. The number of amides is 1. The van der Waals surface area contributed by atoms with Crippen molar-refractivity contribution < 1.29 is 17.9 Å². The van der Waals surface area contributed by atoms with Crippen LogP contribution in [-0.4, -0.2) is 37.2 Å². The minimum atomic E-state index is -4.04. The second kappa shape index (κ2) is 9.45. The molecule has 0 aliphatic heterocycles. The predicted molar refractivity (Wildman–Crippen MR) is 117 cm³/mol. The smallest absolute Gasteiger partial charge is 0.270 e. The summed E-state index contributed by atoms with van der Waals surface area (Å²) in [5.41, 5.74) is -0.194. The third-order valence-electron chi connectivity index (χ3n) is 3.89. The zero-order valence-corrected chi connectivity index (χ0v) is 18.8. The SMILES string of the molecule is COc1ccc(S(=O)(=O)c2cnc(SCC(=O)Nc3ccccc3Br)[nH]c2=O)cc1. The maximum absolute atomic E-state index is 12.7. The standard InChI is InChI=1S/C19H16BrN3O5S2/c1-28-12-6-8-13(9-7-12)30(26,27)16-10-21-19(23-18(16)25)29-11-17(24)22-15-5-3-2-4-14(15)20/h2-10H,11H2,1H3,(H,22,24)(H,21,23,25). The summed E-state index contributed by atoms with van der Waals surface area (Å²) in [6.45, 7) is 0. The van der Waals surface area contributed by atoms with E-state index in [0.29, 0.717) is 11.4 Å². The number of para-hydroxylation sites is 1. The van der Waals surface area contributed by atoms with Crippen molar-refractivity contribution in [3.05, 3.63) is 69.6 Å². The zero-order chi connectivity index (χ0) is 21.7. The van der Waals surface area contributed by atoms with Gasteiger partial charge in [-0.2, -0.15) is 0 Å². The first-order valence-corrected chi connectivity index (χ1v) is 11.7. The molecule has 30 heavy (non-hydrogen) atoms. The van der Waals surface area contributed by atoms with Gasteiger partial charge in [-0.3, -0.25) is 9.59 Å². The van der Waals surface area contributed by atoms with Gasteiger partial charge in [-0.1, -0.05) is 23.9 Å². The van der Waals surface area contributed by atoms with Crippen LogP contribution in [0.15, 0.2) is 78.9 Å². The molecular formula is C19H16BrN3O5S2. The minimum Gasteiger partial charge on any atom is -0.497 e. The Kier molecular flexibility index (Phi) is 6.95. The van der Waals surface area contributed by atoms with Crippen LogP contribution in [0.3, 0.4) is 0 Å². The summed E-state index contributed by atoms with van der Waals surface area (Å²) >= 11 is 4.32. The number of halogens is 1. The Morgan fingerprint density at radius 3 is 2.53 bits per heavy atom. The van der Waals surface area contributed by atoms with Crippen molar-refractivity contribution in [2.24, 2.45) is 0 Å². The number of H-pyrrole nitrogens is 1. The summed E-state index contributed by atoms with van der Waals surface area (Å²) < 4.78 is 31.1. The number of methoxy groups -OCH3 is 1. The van der Waals surface area contributed by atoms with Gasteiger partial charge in [0, 0.05) is 4.47 Å². The molecule has 0 radical (unpaired) electrons. The molecule has 1 amide bonds. The van der Waals surface area contributed by atoms with E-state index < -0.39 is 20.3 Å². The highest BCUT2D eigenvalue weighted by molar-refractivity contribution is 9.10. The van der Waals surface area contributed by atoms with Gasteiger partial charge in [-0.25, -0.2) is 13.4 Å². The Hall–Kier alpha value is -2.63. The molecule has 0 saturated heterocycles. The third-order valence-corrected chi connectivity index (χ3v) is 7.23. The monoisotopic (exact) mass is 509 g/mol. The van der Waals surface area contributed by atoms with Crippen molar-refractivity contribution >= 4 is 49.1 Å². The van der Waals surface area contributed by atoms with Gasteiger partial charge in [0.15, 0.2) is 10.1 Å². The van der Waals surface area contributed by atoms with Crippen molar-refractivity contribution in [3.8, 4) is 5.75 Å². The van der Waals surface area contributed by atoms with Gasteiger partial charge in [-0.15, -0.1) is 0 Å². The molecule has 0 spiro atoms. The molecule has 0 saturated carbocycles. The molecular weight excluding hydrogens is 494 g/mol. The van der Waals surface area contributed by atoms with E-state index in [4.69, 9.17) is 4.74 Å². The van der Waals surface area contributed by atoms with Gasteiger partial charge >= 0.3 is 0 Å². The van der Waals surface area contributed by atoms with Crippen LogP contribution in [0.25, 0.3) is 0 Å². The van der Waals surface area contributed by atoms with Crippen LogP contribution in [0.1, 0.15) is 0 Å². The number of aromatic amines is 1. The molecule has 0 atom stereocenters. The minimum absolute atomic E-state index is 0.0190. The fourth-order valence-corrected chi connectivity index (χ4v) is 4.65. The van der Waals surface area contributed by atoms with Crippen LogP contribution >= 0.6 is 27.7 Å². The summed E-state index contributed by atoms with van der Waals surface area (Å²) in [5, 5.41) is 2.86. The second-order valence-corrected chi connectivity index (χ2v) is 9.61. The van der Waals surface area contributed by atoms with E-state index in [9.17, 15) is 18.0 Å². The summed E-state index contributed by atoms with van der Waals surface area (Å²) in [4.78, 5) is 30.3. The number of nitrogens with one attached hydrogen (secondary N) is 2. The third kappa shape index (κ3) is 5.10. The number of hydrogen-bond donors (Lipinski definition) is 2. The molecule has 11 heteroatoms. The molecule has 2 aromatic carbocycles. The molecule has 1 aromatic heterocycles. The first kappa shape index (κ1) is 22.1. The molecule has 3 aromatic rings. The lowest BCUT2D eigenvalue weighted by molar-refractivity contribution is -0.113. The van der Waals surface area contributed by atoms with E-state index in [1.165, 1.54) is 31.4 Å². The van der Waals surface area contributed by atoms with E-state index in [-0.39, 0.29) is 21.7 Å². The number of nitrogens with zero attached hydrogens (tertiary/aromatic N) is 1. The highest BCUT2D eigenvalue weighted by Gasteiger charge is 2.22. The summed E-state index contributed by atoms with van der Waals surface area (Å²) in [7, 11) is -2.58. The predicted octanol–water partition coefficient (Wildman–Crippen LogP) is 3.10. The number of carbonyl (C=O) groups excluding carboxylic acids is 1. The van der Waals surface area contributed by atoms with Crippen molar-refractivity contribution in [1.82, 2.24) is 9.97 Å². The Morgan fingerprint density at radius 1 is 1.20 bits per heavy atom. The van der Waals surface area contributed by atoms with Crippen molar-refractivity contribution in [2.45, 2.75) is 14.9 Å². The van der Waals surface area contributed by atoms with E-state index in [1.807, 2.05) is 6.07 Å². The average molecular weight is 510 g/mol. The van der Waals surface area contributed by atoms with E-state index in [2.05, 4.69) is 31.2 Å². The molecule has 0 fully saturated rings. The van der Waals surface area contributed by atoms with Gasteiger partial charge in [-0.05, 0) is 52.3 Å². The molecule has 0 aliphatic carbocycles. The number of carbonyl (C=O) groups is 1. The molecule has 1 heterocycles. The van der Waals surface area contributed by atoms with Crippen LogP contribution in [0.5, 0.6) is 5.75 Å². The molecule has 8 nitrogen and oxygen atoms in total. The molecule has 0 unspecified atom stereocenters. The number of rotatable bonds is 7. The first-order valence-electron chi connectivity index (χ1n) is 8.47. The van der Waals surface area contributed by atoms with E-state index >= 15 is 0 Å². The fraction of sp³-hybridized carbons (Fsp3) is 0.105. The van der Waals surface area contributed by atoms with Crippen LogP contribution in [0, 0.1) is 0 Å². The molecule has 3 rings (SSSR count). The number of ether oxygens (including phenoxy) is 1. The van der Waals surface area contributed by atoms with E-state index in [0.717, 1.165) is 22.4 Å². The average Bonchev–Trinajstić information content (AvgIpc) is 2.74. The maximum atomic E-state index is 12.7. The largest absolute Gasteiger partial charge is 0.497 e. The summed E-state index contributed by atoms with van der Waals surface area (Å²) in [5.74, 6) is 0.174. The number of sulfone groups is 1. The van der Waals surface area contributed by atoms with Crippen LogP contribution in [0.4, 0.5) is 5.69 Å². The Bertz CT molecular complexity index is 1230. The number of aromatic nitrogens is 2. The van der Waals surface area contributed by atoms with Crippen LogP contribution < -0.4 is 15.6 Å². The number of thioether (sulfide) groups is 1. The van der Waals surface area contributed by atoms with E-state index in [1.54, 1.807) is 18.2 Å². The van der Waals surface area contributed by atoms with Gasteiger partial charge in [0.05, 0.1) is 29.6 Å². The summed E-state index contributed by atoms with van der Waals surface area (Å²) in [6, 6.07) is 12.8. The zero-order valence-electron chi connectivity index (χ0n) is 15.6. The Balaban J connectivity index is 1.71. The van der Waals surface area contributed by atoms with Crippen molar-refractivity contribution in [1.29, 1.82) is 0 Å². The Morgan fingerprint density at radius 2 is 1.90 bits per heavy atom. The topological polar surface area (TPSA) is 118 Å². The number of benzene rings is 2. The van der Waals surface area contributed by atoms with Crippen LogP contribution in [0.2, 0.25) is 0 Å². The molecule has 0 bridgehead atoms. The molecule has 0 aliphatic rings. The summed E-state index contributed by atoms with van der Waals surface area (Å²) in [6.07, 6.45) is 0.992. The fourth-order valence-electron chi connectivity index (χ4n) is 2.40. The van der Waals surface area contributed by atoms with Gasteiger partial charge in [0.25, 0.3) is 5.56 Å². The van der Waals surface area contributed by atoms with Crippen LogP contribution in [-0.2, 0) is 14.6 Å².